The van der Waals surface area contributed by atoms with Crippen molar-refractivity contribution in [3.8, 4) is 5.75 Å². The van der Waals surface area contributed by atoms with Crippen LogP contribution >= 0.6 is 11.8 Å². The third-order valence-electron chi connectivity index (χ3n) is 3.75. The van der Waals surface area contributed by atoms with E-state index in [-0.39, 0.29) is 11.4 Å². The summed E-state index contributed by atoms with van der Waals surface area (Å²) in [5.41, 5.74) is 1.28. The van der Waals surface area contributed by atoms with Crippen LogP contribution in [0.5, 0.6) is 5.75 Å². The van der Waals surface area contributed by atoms with E-state index in [1.807, 2.05) is 36.0 Å². The summed E-state index contributed by atoms with van der Waals surface area (Å²) in [4.78, 5) is 1.15. The summed E-state index contributed by atoms with van der Waals surface area (Å²) < 4.78 is 11.5. The fraction of sp³-hybridized carbons (Fsp3) is 0.333. The predicted molar refractivity (Wildman–Crippen MR) is 90.6 cm³/mol. The number of ether oxygens (including phenoxy) is 2. The first-order valence-corrected chi connectivity index (χ1v) is 8.43. The average molecular weight is 315 g/mol. The lowest BCUT2D eigenvalue weighted by molar-refractivity contribution is 0.0273. The van der Waals surface area contributed by atoms with Crippen LogP contribution in [0.25, 0.3) is 0 Å². The lowest BCUT2D eigenvalue weighted by atomic mass is 10.1. The van der Waals surface area contributed by atoms with Gasteiger partial charge in [0, 0.05) is 13.1 Å². The van der Waals surface area contributed by atoms with Crippen molar-refractivity contribution in [2.45, 2.75) is 16.2 Å². The Morgan fingerprint density at radius 2 is 1.91 bits per heavy atom. The van der Waals surface area contributed by atoms with Gasteiger partial charge in [0.25, 0.3) is 0 Å². The smallest absolute Gasteiger partial charge is 0.132 e. The molecule has 0 amide bonds. The molecule has 0 saturated carbocycles. The normalized spacial score (nSPS) is 19.6. The van der Waals surface area contributed by atoms with Gasteiger partial charge < -0.3 is 14.8 Å². The van der Waals surface area contributed by atoms with Crippen LogP contribution in [-0.4, -0.2) is 32.9 Å². The third-order valence-corrected chi connectivity index (χ3v) is 5.17. The minimum absolute atomic E-state index is 0.158. The zero-order chi connectivity index (χ0) is 15.2. The number of thioether (sulfide) groups is 1. The maximum atomic E-state index is 6.02. The van der Waals surface area contributed by atoms with Gasteiger partial charge in [-0.15, -0.1) is 11.8 Å². The van der Waals surface area contributed by atoms with E-state index in [0.717, 1.165) is 30.3 Å². The molecule has 2 aromatic rings. The molecule has 116 valence electrons. The third kappa shape index (κ3) is 3.64. The van der Waals surface area contributed by atoms with Crippen LogP contribution in [0.3, 0.4) is 0 Å². The molecule has 2 aromatic carbocycles. The molecule has 3 nitrogen and oxygen atoms in total. The van der Waals surface area contributed by atoms with Crippen LogP contribution in [0, 0.1) is 0 Å². The molecular formula is C18H21NO2S. The van der Waals surface area contributed by atoms with Crippen LogP contribution < -0.4 is 10.1 Å². The zero-order valence-corrected chi connectivity index (χ0v) is 13.5. The Morgan fingerprint density at radius 3 is 2.64 bits per heavy atom. The predicted octanol–water partition coefficient (Wildman–Crippen LogP) is 3.52. The highest BCUT2D eigenvalue weighted by atomic mass is 32.2. The number of hydrogen-bond acceptors (Lipinski definition) is 4. The first-order valence-electron chi connectivity index (χ1n) is 7.55. The maximum Gasteiger partial charge on any atom is 0.132 e. The van der Waals surface area contributed by atoms with Crippen molar-refractivity contribution >= 4 is 11.8 Å². The molecule has 1 aliphatic rings. The second kappa shape index (κ2) is 7.68. The topological polar surface area (TPSA) is 30.5 Å². The lowest BCUT2D eigenvalue weighted by Crippen LogP contribution is -2.41. The summed E-state index contributed by atoms with van der Waals surface area (Å²) in [6.45, 7) is 2.57. The van der Waals surface area contributed by atoms with Crippen LogP contribution in [0.1, 0.15) is 10.8 Å². The largest absolute Gasteiger partial charge is 0.496 e. The summed E-state index contributed by atoms with van der Waals surface area (Å²) in [6.07, 6.45) is 0.158. The highest BCUT2D eigenvalue weighted by molar-refractivity contribution is 7.99. The van der Waals surface area contributed by atoms with Crippen molar-refractivity contribution < 1.29 is 9.47 Å². The summed E-state index contributed by atoms with van der Waals surface area (Å²) in [6, 6.07) is 18.7. The molecule has 3 rings (SSSR count). The molecule has 0 aromatic heterocycles. The Labute approximate surface area is 136 Å². The van der Waals surface area contributed by atoms with Crippen molar-refractivity contribution in [1.82, 2.24) is 5.32 Å². The van der Waals surface area contributed by atoms with Crippen molar-refractivity contribution in [2.75, 3.05) is 26.8 Å². The fourth-order valence-electron chi connectivity index (χ4n) is 2.63. The van der Waals surface area contributed by atoms with E-state index in [1.165, 1.54) is 5.56 Å². The molecule has 1 aliphatic heterocycles. The zero-order valence-electron chi connectivity index (χ0n) is 12.7. The standard InChI is InChI=1S/C18H21NO2S/c1-20-15-9-5-6-10-17(15)22-18(14-7-3-2-4-8-14)16-13-19-11-12-21-16/h2-10,16,18-19H,11-13H2,1H3/t16-,18?/m0/s1. The quantitative estimate of drug-likeness (QED) is 0.855. The summed E-state index contributed by atoms with van der Waals surface area (Å²) >= 11 is 1.81. The average Bonchev–Trinajstić information content (AvgIpc) is 2.61. The van der Waals surface area contributed by atoms with Crippen LogP contribution in [0.2, 0.25) is 0 Å². The van der Waals surface area contributed by atoms with Gasteiger partial charge in [0.05, 0.1) is 30.0 Å². The lowest BCUT2D eigenvalue weighted by Gasteiger charge is -2.31. The molecule has 0 aliphatic carbocycles. The van der Waals surface area contributed by atoms with Gasteiger partial charge in [-0.3, -0.25) is 0 Å². The number of morpholine rings is 1. The molecule has 1 heterocycles. The number of para-hydroxylation sites is 1. The molecular weight excluding hydrogens is 294 g/mol. The molecule has 2 atom stereocenters. The molecule has 1 N–H and O–H groups in total. The Bertz CT molecular complexity index is 585. The first-order chi connectivity index (χ1) is 10.9. The Kier molecular flexibility index (Phi) is 5.38. The second-order valence-corrected chi connectivity index (χ2v) is 6.40. The summed E-state index contributed by atoms with van der Waals surface area (Å²) in [7, 11) is 1.72. The van der Waals surface area contributed by atoms with Gasteiger partial charge in [0.15, 0.2) is 0 Å². The van der Waals surface area contributed by atoms with Gasteiger partial charge in [-0.2, -0.15) is 0 Å². The minimum Gasteiger partial charge on any atom is -0.496 e. The first kappa shape index (κ1) is 15.4. The fourth-order valence-corrected chi connectivity index (χ4v) is 3.95. The van der Waals surface area contributed by atoms with Crippen LogP contribution in [0.15, 0.2) is 59.5 Å². The van der Waals surface area contributed by atoms with Gasteiger partial charge in [0.2, 0.25) is 0 Å². The van der Waals surface area contributed by atoms with E-state index in [2.05, 4.69) is 35.6 Å². The number of rotatable bonds is 5. The Hall–Kier alpha value is -1.49. The highest BCUT2D eigenvalue weighted by Crippen LogP contribution is 2.42. The van der Waals surface area contributed by atoms with Crippen molar-refractivity contribution in [3.63, 3.8) is 0 Å². The molecule has 0 bridgehead atoms. The van der Waals surface area contributed by atoms with Crippen LogP contribution in [-0.2, 0) is 4.74 Å². The Morgan fingerprint density at radius 1 is 1.14 bits per heavy atom. The SMILES string of the molecule is COc1ccccc1SC(c1ccccc1)[C@@H]1CNCCO1. The van der Waals surface area contributed by atoms with Gasteiger partial charge in [-0.25, -0.2) is 0 Å². The van der Waals surface area contributed by atoms with E-state index in [0.29, 0.717) is 0 Å². The maximum absolute atomic E-state index is 6.02. The molecule has 22 heavy (non-hydrogen) atoms. The molecule has 1 saturated heterocycles. The molecule has 0 spiro atoms. The molecule has 0 radical (unpaired) electrons. The van der Waals surface area contributed by atoms with Gasteiger partial charge in [-0.1, -0.05) is 42.5 Å². The van der Waals surface area contributed by atoms with E-state index in [1.54, 1.807) is 7.11 Å². The number of benzene rings is 2. The molecule has 4 heteroatoms. The van der Waals surface area contributed by atoms with Crippen molar-refractivity contribution in [2.24, 2.45) is 0 Å². The van der Waals surface area contributed by atoms with E-state index < -0.39 is 0 Å². The van der Waals surface area contributed by atoms with Crippen molar-refractivity contribution in [1.29, 1.82) is 0 Å². The van der Waals surface area contributed by atoms with Gasteiger partial charge in [0.1, 0.15) is 5.75 Å². The summed E-state index contributed by atoms with van der Waals surface area (Å²) in [5.74, 6) is 0.914. The number of nitrogens with one attached hydrogen (secondary N) is 1. The summed E-state index contributed by atoms with van der Waals surface area (Å²) in [5, 5.41) is 3.67. The van der Waals surface area contributed by atoms with E-state index >= 15 is 0 Å². The highest BCUT2D eigenvalue weighted by Gasteiger charge is 2.27. The molecule has 1 fully saturated rings. The molecule has 1 unspecified atom stereocenters. The van der Waals surface area contributed by atoms with Crippen LogP contribution in [0.4, 0.5) is 0 Å². The van der Waals surface area contributed by atoms with E-state index in [4.69, 9.17) is 9.47 Å². The second-order valence-electron chi connectivity index (χ2n) is 5.21. The Balaban J connectivity index is 1.88. The van der Waals surface area contributed by atoms with E-state index in [9.17, 15) is 0 Å². The minimum atomic E-state index is 0.158. The van der Waals surface area contributed by atoms with Gasteiger partial charge >= 0.3 is 0 Å². The number of methoxy groups -OCH3 is 1. The van der Waals surface area contributed by atoms with Gasteiger partial charge in [-0.05, 0) is 17.7 Å². The van der Waals surface area contributed by atoms with Crippen molar-refractivity contribution in [3.05, 3.63) is 60.2 Å². The monoisotopic (exact) mass is 315 g/mol. The number of hydrogen-bond donors (Lipinski definition) is 1.